The highest BCUT2D eigenvalue weighted by Gasteiger charge is 2.30. The number of nitrogens with one attached hydrogen (secondary N) is 2. The number of halogens is 1. The lowest BCUT2D eigenvalue weighted by molar-refractivity contribution is 0.141. The number of hydrogen-bond acceptors (Lipinski definition) is 2. The summed E-state index contributed by atoms with van der Waals surface area (Å²) in [5.41, 5.74) is 5.39. The van der Waals surface area contributed by atoms with Gasteiger partial charge in [-0.05, 0) is 73.6 Å². The number of rotatable bonds is 3. The minimum absolute atomic E-state index is 0.687. The van der Waals surface area contributed by atoms with Crippen molar-refractivity contribution in [3.8, 4) is 0 Å². The molecule has 1 saturated carbocycles. The van der Waals surface area contributed by atoms with Crippen LogP contribution < -0.4 is 4.90 Å². The Labute approximate surface area is 191 Å². The maximum Gasteiger partial charge on any atom is 0.0474 e. The Morgan fingerprint density at radius 3 is 2.45 bits per heavy atom. The van der Waals surface area contributed by atoms with Gasteiger partial charge in [0.05, 0.1) is 0 Å². The van der Waals surface area contributed by atoms with Gasteiger partial charge in [0.25, 0.3) is 0 Å². The summed E-state index contributed by atoms with van der Waals surface area (Å²) in [6.07, 6.45) is 9.54. The van der Waals surface area contributed by atoms with Crippen molar-refractivity contribution in [2.24, 2.45) is 0 Å². The lowest BCUT2D eigenvalue weighted by Crippen LogP contribution is -2.51. The molecule has 5 heteroatoms. The average Bonchev–Trinajstić information content (AvgIpc) is 3.46. The molecule has 1 saturated heterocycles. The predicted molar refractivity (Wildman–Crippen MR) is 133 cm³/mol. The number of nitrogens with zero attached hydrogens (tertiary/aromatic N) is 2. The van der Waals surface area contributed by atoms with E-state index in [1.807, 2.05) is 0 Å². The molecule has 160 valence electrons. The second kappa shape index (κ2) is 8.03. The van der Waals surface area contributed by atoms with E-state index in [0.717, 1.165) is 19.1 Å². The van der Waals surface area contributed by atoms with E-state index in [1.54, 1.807) is 0 Å². The van der Waals surface area contributed by atoms with Crippen LogP contribution in [0.2, 0.25) is 0 Å². The third-order valence-corrected chi connectivity index (χ3v) is 8.05. The third kappa shape index (κ3) is 3.58. The average molecular weight is 477 g/mol. The Kier molecular flexibility index (Phi) is 5.04. The Morgan fingerprint density at radius 1 is 0.806 bits per heavy atom. The molecule has 6 rings (SSSR count). The minimum Gasteiger partial charge on any atom is -0.368 e. The summed E-state index contributed by atoms with van der Waals surface area (Å²) in [5.74, 6) is 0.687. The number of H-pyrrole nitrogens is 2. The number of aromatic amines is 2. The quantitative estimate of drug-likeness (QED) is 0.366. The van der Waals surface area contributed by atoms with Gasteiger partial charge in [-0.3, -0.25) is 4.90 Å². The first-order chi connectivity index (χ1) is 15.3. The van der Waals surface area contributed by atoms with Gasteiger partial charge in [-0.15, -0.1) is 0 Å². The molecule has 2 aromatic heterocycles. The molecule has 0 bridgehead atoms. The van der Waals surface area contributed by atoms with Crippen LogP contribution in [-0.4, -0.2) is 47.1 Å². The van der Waals surface area contributed by atoms with Crippen molar-refractivity contribution in [3.05, 3.63) is 64.9 Å². The topological polar surface area (TPSA) is 38.1 Å². The van der Waals surface area contributed by atoms with E-state index in [4.69, 9.17) is 0 Å². The van der Waals surface area contributed by atoms with Gasteiger partial charge in [0.2, 0.25) is 0 Å². The summed E-state index contributed by atoms with van der Waals surface area (Å²) in [4.78, 5) is 12.2. The molecule has 2 fully saturated rings. The van der Waals surface area contributed by atoms with Gasteiger partial charge in [0, 0.05) is 76.6 Å². The van der Waals surface area contributed by atoms with Crippen LogP contribution in [0.15, 0.2) is 59.3 Å². The van der Waals surface area contributed by atoms with E-state index in [1.165, 1.54) is 76.3 Å². The lowest BCUT2D eigenvalue weighted by atomic mass is 9.81. The van der Waals surface area contributed by atoms with Gasteiger partial charge < -0.3 is 14.9 Å². The number of benzene rings is 2. The fourth-order valence-electron chi connectivity index (χ4n) is 5.88. The van der Waals surface area contributed by atoms with Crippen LogP contribution in [0, 0.1) is 0 Å². The van der Waals surface area contributed by atoms with E-state index in [9.17, 15) is 0 Å². The molecule has 4 nitrogen and oxygen atoms in total. The Bertz CT molecular complexity index is 1190. The maximum atomic E-state index is 3.64. The molecule has 0 amide bonds. The molecule has 2 aliphatic rings. The van der Waals surface area contributed by atoms with E-state index in [-0.39, 0.29) is 0 Å². The van der Waals surface area contributed by atoms with Gasteiger partial charge in [0.15, 0.2) is 0 Å². The van der Waals surface area contributed by atoms with Gasteiger partial charge >= 0.3 is 0 Å². The zero-order valence-electron chi connectivity index (χ0n) is 17.8. The molecule has 0 spiro atoms. The molecule has 0 radical (unpaired) electrons. The molecule has 0 unspecified atom stereocenters. The molecular formula is C26H29BrN4. The SMILES string of the molecule is Brc1ccc2[nH]cc(C3CCC(N4CCN(c5cccc6[nH]ccc56)CC4)CC3)c2c1. The lowest BCUT2D eigenvalue weighted by Gasteiger charge is -2.42. The van der Waals surface area contributed by atoms with Crippen LogP contribution in [0.4, 0.5) is 5.69 Å². The number of hydrogen-bond donors (Lipinski definition) is 2. The number of fused-ring (bicyclic) bond motifs is 2. The van der Waals surface area contributed by atoms with Crippen molar-refractivity contribution >= 4 is 43.4 Å². The molecule has 0 atom stereocenters. The van der Waals surface area contributed by atoms with Gasteiger partial charge in [0.1, 0.15) is 0 Å². The molecule has 1 aliphatic heterocycles. The van der Waals surface area contributed by atoms with Gasteiger partial charge in [-0.2, -0.15) is 0 Å². The second-order valence-corrected chi connectivity index (χ2v) is 10.1. The normalized spacial score (nSPS) is 23.1. The molecule has 2 aromatic carbocycles. The molecule has 3 heterocycles. The fraction of sp³-hybridized carbons (Fsp3) is 0.385. The first kappa shape index (κ1) is 19.4. The summed E-state index contributed by atoms with van der Waals surface area (Å²) in [6, 6.07) is 16.1. The van der Waals surface area contributed by atoms with E-state index in [0.29, 0.717) is 5.92 Å². The zero-order chi connectivity index (χ0) is 20.8. The monoisotopic (exact) mass is 476 g/mol. The molecule has 31 heavy (non-hydrogen) atoms. The first-order valence-electron chi connectivity index (χ1n) is 11.6. The van der Waals surface area contributed by atoms with E-state index < -0.39 is 0 Å². The standard InChI is InChI=1S/C26H29BrN4/c27-19-6-9-25-22(16-19)23(17-29-25)18-4-7-20(8-5-18)30-12-14-31(15-13-30)26-3-1-2-24-21(26)10-11-28-24/h1-3,6,9-11,16-18,20,28-29H,4-5,7-8,12-15H2. The number of aromatic nitrogens is 2. The highest BCUT2D eigenvalue weighted by molar-refractivity contribution is 9.10. The second-order valence-electron chi connectivity index (χ2n) is 9.18. The minimum atomic E-state index is 0.687. The molecule has 1 aliphatic carbocycles. The summed E-state index contributed by atoms with van der Waals surface area (Å²) >= 11 is 3.64. The molecule has 4 aromatic rings. The zero-order valence-corrected chi connectivity index (χ0v) is 19.4. The summed E-state index contributed by atoms with van der Waals surface area (Å²) in [7, 11) is 0. The highest BCUT2D eigenvalue weighted by atomic mass is 79.9. The van der Waals surface area contributed by atoms with Crippen LogP contribution in [0.3, 0.4) is 0 Å². The highest BCUT2D eigenvalue weighted by Crippen LogP contribution is 2.39. The van der Waals surface area contributed by atoms with Crippen molar-refractivity contribution in [3.63, 3.8) is 0 Å². The fourth-order valence-corrected chi connectivity index (χ4v) is 6.24. The summed E-state index contributed by atoms with van der Waals surface area (Å²) in [6.45, 7) is 4.60. The van der Waals surface area contributed by atoms with Gasteiger partial charge in [-0.1, -0.05) is 22.0 Å². The maximum absolute atomic E-state index is 3.64. The van der Waals surface area contributed by atoms with E-state index >= 15 is 0 Å². The third-order valence-electron chi connectivity index (χ3n) is 7.56. The van der Waals surface area contributed by atoms with Gasteiger partial charge in [-0.25, -0.2) is 0 Å². The van der Waals surface area contributed by atoms with Crippen LogP contribution in [-0.2, 0) is 0 Å². The van der Waals surface area contributed by atoms with Crippen molar-refractivity contribution in [2.45, 2.75) is 37.6 Å². The first-order valence-corrected chi connectivity index (χ1v) is 12.4. The van der Waals surface area contributed by atoms with Crippen molar-refractivity contribution < 1.29 is 0 Å². The van der Waals surface area contributed by atoms with Crippen LogP contribution in [0.1, 0.15) is 37.2 Å². The van der Waals surface area contributed by atoms with Crippen LogP contribution >= 0.6 is 15.9 Å². The number of anilines is 1. The van der Waals surface area contributed by atoms with E-state index in [2.05, 4.69) is 90.6 Å². The van der Waals surface area contributed by atoms with Crippen molar-refractivity contribution in [1.82, 2.24) is 14.9 Å². The Morgan fingerprint density at radius 2 is 1.61 bits per heavy atom. The Hall–Kier alpha value is -2.24. The van der Waals surface area contributed by atoms with Crippen molar-refractivity contribution in [1.29, 1.82) is 0 Å². The Balaban J connectivity index is 1.09. The van der Waals surface area contributed by atoms with Crippen LogP contribution in [0.5, 0.6) is 0 Å². The number of piperazine rings is 1. The van der Waals surface area contributed by atoms with Crippen molar-refractivity contribution in [2.75, 3.05) is 31.1 Å². The smallest absolute Gasteiger partial charge is 0.0474 e. The largest absolute Gasteiger partial charge is 0.368 e. The summed E-state index contributed by atoms with van der Waals surface area (Å²) in [5, 5.41) is 2.74. The predicted octanol–water partition coefficient (Wildman–Crippen LogP) is 6.26. The molecular weight excluding hydrogens is 448 g/mol. The summed E-state index contributed by atoms with van der Waals surface area (Å²) < 4.78 is 1.17. The molecule has 2 N–H and O–H groups in total. The van der Waals surface area contributed by atoms with Crippen LogP contribution in [0.25, 0.3) is 21.8 Å².